The Morgan fingerprint density at radius 1 is 1.00 bits per heavy atom. The summed E-state index contributed by atoms with van der Waals surface area (Å²) in [6.45, 7) is 0. The second kappa shape index (κ2) is 17.4. The van der Waals surface area contributed by atoms with Gasteiger partial charge in [-0.2, -0.15) is 0 Å². The van der Waals surface area contributed by atoms with Crippen LogP contribution < -0.4 is 0 Å². The van der Waals surface area contributed by atoms with Gasteiger partial charge in [-0.05, 0) is 0 Å². The van der Waals surface area contributed by atoms with Gasteiger partial charge in [0.1, 0.15) is 0 Å². The average molecular weight is 214 g/mol. The Labute approximate surface area is 85.9 Å². The van der Waals surface area contributed by atoms with Crippen LogP contribution in [0.5, 0.6) is 0 Å². The zero-order valence-electron chi connectivity index (χ0n) is 1.00. The first-order chi connectivity index (χ1) is 0. The first-order valence-electron chi connectivity index (χ1n) is 0. The van der Waals surface area contributed by atoms with Crippen LogP contribution in [-0.2, 0) is 0 Å². The molecule has 0 heterocycles. The second-order valence-electron chi connectivity index (χ2n) is 0. The normalized spacial score (nSPS) is 0. The van der Waals surface area contributed by atoms with Gasteiger partial charge < -0.3 is 5.48 Å². The van der Waals surface area contributed by atoms with Crippen LogP contribution in [0.4, 0.5) is 0 Å². The Hall–Kier alpha value is 2.64. The van der Waals surface area contributed by atoms with Crippen molar-refractivity contribution in [2.24, 2.45) is 0 Å². The molecule has 2 N–H and O–H groups in total. The molecule has 0 aliphatic heterocycles. The Bertz CT molecular complexity index is 8.00. The number of hydrogen-bond acceptors (Lipinski definition) is 0. The van der Waals surface area contributed by atoms with Crippen LogP contribution in [-0.4, -0.2) is 45.9 Å². The molecule has 0 saturated heterocycles. The van der Waals surface area contributed by atoms with Gasteiger partial charge in [-0.25, -0.2) is 0 Å². The number of rotatable bonds is 0. The van der Waals surface area contributed by atoms with Gasteiger partial charge in [0, 0.05) is 41.7 Å². The predicted molar refractivity (Wildman–Crippen MR) is 22.1 cm³/mol. The topological polar surface area (TPSA) is 31.5 Å². The van der Waals surface area contributed by atoms with Gasteiger partial charge in [-0.15, -0.1) is 0 Å². The van der Waals surface area contributed by atoms with E-state index in [4.69, 9.17) is 0 Å². The van der Waals surface area contributed by atoms with E-state index in [-0.39, 0.29) is 87.6 Å². The second-order valence-corrected chi connectivity index (χ2v) is 0. The quantitative estimate of drug-likeness (QED) is 0.387. The summed E-state index contributed by atoms with van der Waals surface area (Å²) in [6.07, 6.45) is 0. The van der Waals surface area contributed by atoms with Crippen molar-refractivity contribution in [2.45, 2.75) is 0 Å². The maximum Gasteiger partial charge on any atom is 0.316 e. The molecule has 0 aromatic heterocycles. The Morgan fingerprint density at radius 2 is 1.00 bits per heavy atom. The van der Waals surface area contributed by atoms with Gasteiger partial charge in [0.15, 0.2) is 17.4 Å². The third-order valence-electron chi connectivity index (χ3n) is 0. The Morgan fingerprint density at radius 3 is 1.00 bits per heavy atom. The van der Waals surface area contributed by atoms with E-state index in [1.165, 1.54) is 0 Å². The van der Waals surface area contributed by atoms with Crippen LogP contribution in [0, 0.1) is 41.7 Å². The summed E-state index contributed by atoms with van der Waals surface area (Å²) in [7, 11) is 0. The monoisotopic (exact) mass is 214 g/mol. The van der Waals surface area contributed by atoms with E-state index in [0.717, 1.165) is 0 Å². The average Bonchev–Trinajstić information content (AvgIpc) is 0. The maximum atomic E-state index is 0. The minimum atomic E-state index is 0. The molecule has 0 spiro atoms. The van der Waals surface area contributed by atoms with Crippen LogP contribution in [0.25, 0.3) is 0 Å². The SMILES string of the molecule is O.[AlH3].[Ce].[MgH2]. The van der Waals surface area contributed by atoms with E-state index in [1.807, 2.05) is 0 Å². The first-order valence-corrected chi connectivity index (χ1v) is 0. The van der Waals surface area contributed by atoms with E-state index < -0.39 is 0 Å². The van der Waals surface area contributed by atoms with E-state index in [1.54, 1.807) is 0 Å². The van der Waals surface area contributed by atoms with Crippen molar-refractivity contribution in [3.05, 3.63) is 0 Å². The summed E-state index contributed by atoms with van der Waals surface area (Å²) in [4.78, 5) is 0. The molecule has 0 radical (unpaired) electrons. The van der Waals surface area contributed by atoms with Crippen molar-refractivity contribution in [1.29, 1.82) is 0 Å². The Kier molecular flexibility index (Phi) is 132. The fraction of sp³-hybridized carbons (Fsp3) is 0. The summed E-state index contributed by atoms with van der Waals surface area (Å²) in [5.74, 6) is 0. The van der Waals surface area contributed by atoms with Crippen LogP contribution in [0.15, 0.2) is 0 Å². The molecule has 0 amide bonds. The van der Waals surface area contributed by atoms with Gasteiger partial charge in [-0.1, -0.05) is 0 Å². The zero-order chi connectivity index (χ0) is 0. The third kappa shape index (κ3) is 8.82. The van der Waals surface area contributed by atoms with Gasteiger partial charge in [0.2, 0.25) is 0 Å². The van der Waals surface area contributed by atoms with Crippen molar-refractivity contribution in [3.8, 4) is 0 Å². The molecule has 0 atom stereocenters. The fourth-order valence-electron chi connectivity index (χ4n) is 0. The maximum absolute atomic E-state index is 0. The summed E-state index contributed by atoms with van der Waals surface area (Å²) in [5, 5.41) is 0. The molecule has 4 heavy (non-hydrogen) atoms. The molecule has 0 aliphatic rings. The van der Waals surface area contributed by atoms with Crippen LogP contribution in [0.2, 0.25) is 0 Å². The molecule has 1 nitrogen and oxygen atoms in total. The predicted octanol–water partition coefficient (Wildman–Crippen LogP) is -2.92. The minimum Gasteiger partial charge on any atom is -0.412 e. The van der Waals surface area contributed by atoms with E-state index in [0.29, 0.717) is 0 Å². The first kappa shape index (κ1) is 30.3. The smallest absolute Gasteiger partial charge is 0.316 e. The standard InChI is InChI=1S/Al.Ce.Mg.H2O.5H/h;;;1H2;;;;;. The molecule has 0 bridgehead atoms. The van der Waals surface area contributed by atoms with Crippen molar-refractivity contribution >= 4 is 40.4 Å². The third-order valence-corrected chi connectivity index (χ3v) is 0. The van der Waals surface area contributed by atoms with Gasteiger partial charge in [-0.3, -0.25) is 0 Å². The molecular formula is H7AlCeMgO. The fourth-order valence-corrected chi connectivity index (χ4v) is 0. The van der Waals surface area contributed by atoms with Crippen LogP contribution in [0.1, 0.15) is 0 Å². The van der Waals surface area contributed by atoms with E-state index in [2.05, 4.69) is 0 Å². The van der Waals surface area contributed by atoms with Crippen molar-refractivity contribution in [3.63, 3.8) is 0 Å². The van der Waals surface area contributed by atoms with Crippen molar-refractivity contribution < 1.29 is 47.2 Å². The summed E-state index contributed by atoms with van der Waals surface area (Å²) in [5.41, 5.74) is 0. The zero-order valence-corrected chi connectivity index (χ0v) is 4.14. The molecule has 0 unspecified atom stereocenters. The van der Waals surface area contributed by atoms with E-state index in [9.17, 15) is 0 Å². The van der Waals surface area contributed by atoms with Gasteiger partial charge in [0.05, 0.1) is 0 Å². The molecule has 4 heteroatoms. The largest absolute Gasteiger partial charge is 0.412 e. The number of hydrogen-bond donors (Lipinski definition) is 0. The minimum absolute atomic E-state index is 0. The van der Waals surface area contributed by atoms with Gasteiger partial charge >= 0.3 is 23.1 Å². The summed E-state index contributed by atoms with van der Waals surface area (Å²) >= 11 is 0. The molecule has 0 saturated carbocycles. The summed E-state index contributed by atoms with van der Waals surface area (Å²) in [6, 6.07) is 0. The molecular weight excluding hydrogens is 207 g/mol. The van der Waals surface area contributed by atoms with Gasteiger partial charge in [0.25, 0.3) is 0 Å². The van der Waals surface area contributed by atoms with Crippen molar-refractivity contribution in [1.82, 2.24) is 0 Å². The van der Waals surface area contributed by atoms with Crippen LogP contribution >= 0.6 is 0 Å². The Balaban J connectivity index is 0. The molecule has 0 aromatic rings. The van der Waals surface area contributed by atoms with Crippen LogP contribution in [0.3, 0.4) is 0 Å². The van der Waals surface area contributed by atoms with E-state index >= 15 is 0 Å². The molecule has 0 fully saturated rings. The molecule has 0 aliphatic carbocycles. The van der Waals surface area contributed by atoms with Crippen molar-refractivity contribution in [2.75, 3.05) is 0 Å². The molecule has 0 aromatic carbocycles. The molecule has 22 valence electrons. The summed E-state index contributed by atoms with van der Waals surface area (Å²) < 4.78 is 0. The molecule has 0 rings (SSSR count).